The Morgan fingerprint density at radius 1 is 1.15 bits per heavy atom. The molecular formula is C14H7BrClFN2O. The van der Waals surface area contributed by atoms with E-state index >= 15 is 0 Å². The van der Waals surface area contributed by atoms with E-state index in [9.17, 15) is 4.39 Å². The predicted molar refractivity (Wildman–Crippen MR) is 78.7 cm³/mol. The van der Waals surface area contributed by atoms with Gasteiger partial charge in [0, 0.05) is 22.9 Å². The van der Waals surface area contributed by atoms with Gasteiger partial charge in [0.2, 0.25) is 0 Å². The summed E-state index contributed by atoms with van der Waals surface area (Å²) in [6, 6.07) is 8.03. The van der Waals surface area contributed by atoms with Gasteiger partial charge in [0.05, 0.1) is 10.5 Å². The van der Waals surface area contributed by atoms with Crippen molar-refractivity contribution in [1.29, 1.82) is 0 Å². The molecule has 0 N–H and O–H groups in total. The smallest absolute Gasteiger partial charge is 0.184 e. The zero-order valence-corrected chi connectivity index (χ0v) is 12.3. The third kappa shape index (κ3) is 2.46. The Morgan fingerprint density at radius 2 is 2.00 bits per heavy atom. The van der Waals surface area contributed by atoms with E-state index in [1.165, 1.54) is 12.1 Å². The first-order chi connectivity index (χ1) is 9.65. The SMILES string of the molecule is Fc1c(Cl)cccc1Oc1ccnc2cc(Br)cnc12. The summed E-state index contributed by atoms with van der Waals surface area (Å²) in [5.41, 5.74) is 1.20. The van der Waals surface area contributed by atoms with E-state index in [2.05, 4.69) is 25.9 Å². The van der Waals surface area contributed by atoms with E-state index in [4.69, 9.17) is 16.3 Å². The molecule has 3 nitrogen and oxygen atoms in total. The Morgan fingerprint density at radius 3 is 2.85 bits per heavy atom. The van der Waals surface area contributed by atoms with Crippen LogP contribution in [0.2, 0.25) is 5.02 Å². The van der Waals surface area contributed by atoms with Crippen LogP contribution in [-0.2, 0) is 0 Å². The average molecular weight is 354 g/mol. The summed E-state index contributed by atoms with van der Waals surface area (Å²) in [5.74, 6) is -0.130. The standard InChI is InChI=1S/C14H7BrClFN2O/c15-8-6-10-14(19-7-8)12(4-5-18-10)20-11-3-1-2-9(16)13(11)17/h1-7H. The lowest BCUT2D eigenvalue weighted by Crippen LogP contribution is -1.92. The average Bonchev–Trinajstić information content (AvgIpc) is 2.44. The molecule has 0 fully saturated rings. The van der Waals surface area contributed by atoms with Gasteiger partial charge in [0.1, 0.15) is 5.52 Å². The van der Waals surface area contributed by atoms with Crippen LogP contribution in [0.3, 0.4) is 0 Å². The van der Waals surface area contributed by atoms with Gasteiger partial charge >= 0.3 is 0 Å². The molecule has 0 unspecified atom stereocenters. The van der Waals surface area contributed by atoms with Crippen molar-refractivity contribution in [3.63, 3.8) is 0 Å². The van der Waals surface area contributed by atoms with E-state index in [0.29, 0.717) is 16.8 Å². The second-order valence-corrected chi connectivity index (χ2v) is 5.31. The highest BCUT2D eigenvalue weighted by atomic mass is 79.9. The number of pyridine rings is 2. The highest BCUT2D eigenvalue weighted by Crippen LogP contribution is 2.32. The lowest BCUT2D eigenvalue weighted by Gasteiger charge is -2.09. The van der Waals surface area contributed by atoms with Gasteiger partial charge in [0.15, 0.2) is 17.3 Å². The van der Waals surface area contributed by atoms with Crippen molar-refractivity contribution in [2.75, 3.05) is 0 Å². The molecule has 3 aromatic rings. The summed E-state index contributed by atoms with van der Waals surface area (Å²) in [7, 11) is 0. The van der Waals surface area contributed by atoms with Gasteiger partial charge in [-0.1, -0.05) is 17.7 Å². The fraction of sp³-hybridized carbons (Fsp3) is 0. The van der Waals surface area contributed by atoms with Gasteiger partial charge in [0.25, 0.3) is 0 Å². The Bertz CT molecular complexity index is 797. The highest BCUT2D eigenvalue weighted by molar-refractivity contribution is 9.10. The fourth-order valence-corrected chi connectivity index (χ4v) is 2.23. The lowest BCUT2D eigenvalue weighted by molar-refractivity contribution is 0.445. The van der Waals surface area contributed by atoms with Crippen molar-refractivity contribution in [2.24, 2.45) is 0 Å². The van der Waals surface area contributed by atoms with Crippen LogP contribution in [0.15, 0.2) is 47.2 Å². The van der Waals surface area contributed by atoms with E-state index in [1.54, 1.807) is 24.5 Å². The Kier molecular flexibility index (Phi) is 3.54. The Labute approximate surface area is 127 Å². The molecule has 3 rings (SSSR count). The molecular weight excluding hydrogens is 347 g/mol. The van der Waals surface area contributed by atoms with E-state index in [1.807, 2.05) is 6.07 Å². The van der Waals surface area contributed by atoms with Crippen LogP contribution in [0.1, 0.15) is 0 Å². The maximum absolute atomic E-state index is 13.9. The zero-order valence-electron chi connectivity index (χ0n) is 9.98. The molecule has 0 aliphatic heterocycles. The topological polar surface area (TPSA) is 35.0 Å². The monoisotopic (exact) mass is 352 g/mol. The molecule has 2 aromatic heterocycles. The van der Waals surface area contributed by atoms with Crippen LogP contribution in [0.25, 0.3) is 11.0 Å². The molecule has 0 atom stereocenters. The van der Waals surface area contributed by atoms with Crippen LogP contribution < -0.4 is 4.74 Å². The summed E-state index contributed by atoms with van der Waals surface area (Å²) in [6.07, 6.45) is 3.21. The third-order valence-corrected chi connectivity index (χ3v) is 3.37. The molecule has 0 saturated heterocycles. The normalized spacial score (nSPS) is 10.8. The number of rotatable bonds is 2. The summed E-state index contributed by atoms with van der Waals surface area (Å²) in [6.45, 7) is 0. The van der Waals surface area contributed by atoms with E-state index < -0.39 is 5.82 Å². The number of hydrogen-bond donors (Lipinski definition) is 0. The maximum atomic E-state index is 13.9. The molecule has 100 valence electrons. The van der Waals surface area contributed by atoms with Crippen molar-refractivity contribution in [3.8, 4) is 11.5 Å². The largest absolute Gasteiger partial charge is 0.452 e. The van der Waals surface area contributed by atoms with Crippen LogP contribution in [0, 0.1) is 5.82 Å². The van der Waals surface area contributed by atoms with Gasteiger partial charge in [-0.3, -0.25) is 4.98 Å². The van der Waals surface area contributed by atoms with Crippen LogP contribution in [0.5, 0.6) is 11.5 Å². The summed E-state index contributed by atoms with van der Waals surface area (Å²) in [5, 5.41) is 0.0107. The number of aromatic nitrogens is 2. The first kappa shape index (κ1) is 13.3. The minimum atomic E-state index is -0.601. The van der Waals surface area contributed by atoms with Crippen molar-refractivity contribution in [2.45, 2.75) is 0 Å². The van der Waals surface area contributed by atoms with Gasteiger partial charge in [-0.2, -0.15) is 0 Å². The predicted octanol–water partition coefficient (Wildman–Crippen LogP) is 4.98. The first-order valence-electron chi connectivity index (χ1n) is 5.67. The second-order valence-electron chi connectivity index (χ2n) is 3.98. The molecule has 0 bridgehead atoms. The second kappa shape index (κ2) is 5.34. The molecule has 20 heavy (non-hydrogen) atoms. The number of fused-ring (bicyclic) bond motifs is 1. The molecule has 0 spiro atoms. The molecule has 0 aliphatic carbocycles. The number of hydrogen-bond acceptors (Lipinski definition) is 3. The fourth-order valence-electron chi connectivity index (χ4n) is 1.74. The van der Waals surface area contributed by atoms with Crippen molar-refractivity contribution < 1.29 is 9.13 Å². The van der Waals surface area contributed by atoms with E-state index in [-0.39, 0.29) is 10.8 Å². The minimum absolute atomic E-state index is 0.0107. The lowest BCUT2D eigenvalue weighted by atomic mass is 10.3. The molecule has 0 aliphatic rings. The third-order valence-electron chi connectivity index (χ3n) is 2.64. The Hall–Kier alpha value is -1.72. The number of benzene rings is 1. The van der Waals surface area contributed by atoms with Crippen molar-refractivity contribution in [3.05, 3.63) is 58.0 Å². The number of halogens is 3. The highest BCUT2D eigenvalue weighted by Gasteiger charge is 2.11. The molecule has 6 heteroatoms. The zero-order chi connectivity index (χ0) is 14.1. The summed E-state index contributed by atoms with van der Waals surface area (Å²) in [4.78, 5) is 8.43. The quantitative estimate of drug-likeness (QED) is 0.652. The number of ether oxygens (including phenoxy) is 1. The molecule has 0 saturated carbocycles. The molecule has 0 amide bonds. The van der Waals surface area contributed by atoms with Gasteiger partial charge in [-0.15, -0.1) is 0 Å². The van der Waals surface area contributed by atoms with Crippen LogP contribution in [0.4, 0.5) is 4.39 Å². The van der Waals surface area contributed by atoms with Crippen LogP contribution in [-0.4, -0.2) is 9.97 Å². The summed E-state index contributed by atoms with van der Waals surface area (Å²) < 4.78 is 20.2. The van der Waals surface area contributed by atoms with E-state index in [0.717, 1.165) is 4.47 Å². The van der Waals surface area contributed by atoms with Gasteiger partial charge in [-0.05, 0) is 34.1 Å². The molecule has 1 aromatic carbocycles. The minimum Gasteiger partial charge on any atom is -0.452 e. The van der Waals surface area contributed by atoms with Crippen molar-refractivity contribution in [1.82, 2.24) is 9.97 Å². The number of nitrogens with zero attached hydrogens (tertiary/aromatic N) is 2. The van der Waals surface area contributed by atoms with Crippen molar-refractivity contribution >= 4 is 38.6 Å². The molecule has 0 radical (unpaired) electrons. The van der Waals surface area contributed by atoms with Gasteiger partial charge < -0.3 is 4.74 Å². The molecule has 2 heterocycles. The maximum Gasteiger partial charge on any atom is 0.184 e. The van der Waals surface area contributed by atoms with Crippen LogP contribution >= 0.6 is 27.5 Å². The summed E-state index contributed by atoms with van der Waals surface area (Å²) >= 11 is 9.05. The van der Waals surface area contributed by atoms with Gasteiger partial charge in [-0.25, -0.2) is 9.37 Å². The first-order valence-corrected chi connectivity index (χ1v) is 6.84. The Balaban J connectivity index is 2.09.